The molecule has 0 spiro atoms. The molecule has 0 aliphatic carbocycles. The van der Waals surface area contributed by atoms with Gasteiger partial charge in [-0.25, -0.2) is 9.48 Å². The number of aryl methyl sites for hydroxylation is 1. The number of carbonyl (C=O) groups is 2. The van der Waals surface area contributed by atoms with Crippen LogP contribution >= 0.6 is 11.3 Å². The van der Waals surface area contributed by atoms with E-state index in [4.69, 9.17) is 4.74 Å². The van der Waals surface area contributed by atoms with E-state index in [2.05, 4.69) is 10.4 Å². The van der Waals surface area contributed by atoms with Gasteiger partial charge >= 0.3 is 5.97 Å². The lowest BCUT2D eigenvalue weighted by Gasteiger charge is -2.16. The number of para-hydroxylation sites is 1. The molecule has 0 fully saturated rings. The van der Waals surface area contributed by atoms with Crippen LogP contribution in [0.2, 0.25) is 0 Å². The van der Waals surface area contributed by atoms with Gasteiger partial charge in [0, 0.05) is 10.1 Å². The number of nitrogens with zero attached hydrogens (tertiary/aromatic N) is 2. The Morgan fingerprint density at radius 2 is 1.83 bits per heavy atom. The minimum Gasteiger partial charge on any atom is -0.465 e. The molecule has 0 saturated carbocycles. The lowest BCUT2D eigenvalue weighted by atomic mass is 10.1. The number of carbonyl (C=O) groups excluding carboxylic acids is 2. The molecule has 1 N–H and O–H groups in total. The molecule has 8 heteroatoms. The highest BCUT2D eigenvalue weighted by molar-refractivity contribution is 7.26. The van der Waals surface area contributed by atoms with Crippen molar-refractivity contribution in [3.8, 4) is 0 Å². The van der Waals surface area contributed by atoms with E-state index in [9.17, 15) is 14.4 Å². The van der Waals surface area contributed by atoms with Crippen LogP contribution in [-0.4, -0.2) is 28.8 Å². The Balaban J connectivity index is 1.75. The first-order chi connectivity index (χ1) is 14.4. The van der Waals surface area contributed by atoms with Crippen molar-refractivity contribution in [2.45, 2.75) is 19.9 Å². The quantitative estimate of drug-likeness (QED) is 0.505. The number of amides is 1. The van der Waals surface area contributed by atoms with Crippen molar-refractivity contribution < 1.29 is 14.3 Å². The number of fused-ring (bicyclic) bond motifs is 3. The number of hydrogen-bond donors (Lipinski definition) is 1. The molecule has 0 radical (unpaired) electrons. The number of methoxy groups -OCH3 is 1. The van der Waals surface area contributed by atoms with Crippen molar-refractivity contribution >= 4 is 49.1 Å². The Morgan fingerprint density at radius 1 is 1.13 bits per heavy atom. The molecular formula is C22H19N3O4S. The van der Waals surface area contributed by atoms with E-state index in [1.54, 1.807) is 31.2 Å². The highest BCUT2D eigenvalue weighted by Gasteiger charge is 2.23. The molecular weight excluding hydrogens is 402 g/mol. The molecule has 30 heavy (non-hydrogen) atoms. The highest BCUT2D eigenvalue weighted by Crippen LogP contribution is 2.33. The monoisotopic (exact) mass is 421 g/mol. The van der Waals surface area contributed by atoms with E-state index >= 15 is 0 Å². The first-order valence-electron chi connectivity index (χ1n) is 9.31. The fourth-order valence-electron chi connectivity index (χ4n) is 3.37. The number of thiophene rings is 1. The molecule has 0 unspecified atom stereocenters. The van der Waals surface area contributed by atoms with Crippen molar-refractivity contribution in [2.75, 3.05) is 12.4 Å². The van der Waals surface area contributed by atoms with E-state index in [0.29, 0.717) is 16.8 Å². The molecule has 1 atom stereocenters. The van der Waals surface area contributed by atoms with Crippen molar-refractivity contribution in [2.24, 2.45) is 0 Å². The maximum absolute atomic E-state index is 13.2. The van der Waals surface area contributed by atoms with Gasteiger partial charge in [0.05, 0.1) is 34.1 Å². The minimum atomic E-state index is -0.884. The summed E-state index contributed by atoms with van der Waals surface area (Å²) in [6, 6.07) is 13.3. The van der Waals surface area contributed by atoms with Crippen LogP contribution in [0.15, 0.2) is 53.3 Å². The average molecular weight is 421 g/mol. The zero-order valence-corrected chi connectivity index (χ0v) is 17.4. The van der Waals surface area contributed by atoms with Gasteiger partial charge in [-0.3, -0.25) is 9.59 Å². The summed E-state index contributed by atoms with van der Waals surface area (Å²) >= 11 is 1.51. The van der Waals surface area contributed by atoms with Gasteiger partial charge in [-0.2, -0.15) is 5.10 Å². The zero-order valence-electron chi connectivity index (χ0n) is 16.6. The number of esters is 1. The van der Waals surface area contributed by atoms with Crippen molar-refractivity contribution in [1.82, 2.24) is 9.78 Å². The molecule has 0 aliphatic heterocycles. The smallest absolute Gasteiger partial charge is 0.339 e. The topological polar surface area (TPSA) is 90.3 Å². The molecule has 2 aromatic heterocycles. The second-order valence-electron chi connectivity index (χ2n) is 6.84. The van der Waals surface area contributed by atoms with Gasteiger partial charge in [0.15, 0.2) is 0 Å². The third-order valence-electron chi connectivity index (χ3n) is 4.94. The summed E-state index contributed by atoms with van der Waals surface area (Å²) in [5.41, 5.74) is 0.904. The van der Waals surface area contributed by atoms with E-state index in [1.165, 1.54) is 23.1 Å². The second-order valence-corrected chi connectivity index (χ2v) is 7.89. The van der Waals surface area contributed by atoms with Crippen LogP contribution in [0.4, 0.5) is 5.69 Å². The molecule has 2 aromatic carbocycles. The standard InChI is InChI=1S/C22H19N3O4S/c1-12-19-18(15-9-5-7-11-17(15)30-19)21(27)25(24-12)13(2)20(26)23-16-10-6-4-8-14(16)22(28)29-3/h4-11,13H,1-3H3,(H,23,26)/t13-/m1/s1. The van der Waals surface area contributed by atoms with E-state index < -0.39 is 17.9 Å². The summed E-state index contributed by atoms with van der Waals surface area (Å²) in [6.45, 7) is 3.43. The SMILES string of the molecule is COC(=O)c1ccccc1NC(=O)[C@@H](C)n1nc(C)c2sc3ccccc3c2c1=O. The molecule has 4 aromatic rings. The Kier molecular flexibility index (Phi) is 5.09. The molecule has 7 nitrogen and oxygen atoms in total. The van der Waals surface area contributed by atoms with Gasteiger partial charge in [-0.15, -0.1) is 11.3 Å². The van der Waals surface area contributed by atoms with Crippen LogP contribution in [0.5, 0.6) is 0 Å². The van der Waals surface area contributed by atoms with Gasteiger partial charge in [-0.1, -0.05) is 30.3 Å². The summed E-state index contributed by atoms with van der Waals surface area (Å²) in [6.07, 6.45) is 0. The van der Waals surface area contributed by atoms with Crippen LogP contribution in [-0.2, 0) is 9.53 Å². The molecule has 0 bridgehead atoms. The summed E-state index contributed by atoms with van der Waals surface area (Å²) in [4.78, 5) is 38.1. The Bertz CT molecular complexity index is 1360. The van der Waals surface area contributed by atoms with Gasteiger partial charge in [0.1, 0.15) is 6.04 Å². The maximum atomic E-state index is 13.2. The Hall–Kier alpha value is -3.52. The predicted octanol–water partition coefficient (Wildman–Crippen LogP) is 3.91. The fraction of sp³-hybridized carbons (Fsp3) is 0.182. The molecule has 0 aliphatic rings. The number of hydrogen-bond acceptors (Lipinski definition) is 6. The highest BCUT2D eigenvalue weighted by atomic mass is 32.1. The van der Waals surface area contributed by atoms with Crippen LogP contribution in [0.25, 0.3) is 20.2 Å². The minimum absolute atomic E-state index is 0.233. The Labute approximate surface area is 175 Å². The van der Waals surface area contributed by atoms with Crippen molar-refractivity contribution in [1.29, 1.82) is 0 Å². The summed E-state index contributed by atoms with van der Waals surface area (Å²) in [5.74, 6) is -1.02. The number of nitrogens with one attached hydrogen (secondary N) is 1. The Morgan fingerprint density at radius 3 is 2.60 bits per heavy atom. The predicted molar refractivity (Wildman–Crippen MR) is 117 cm³/mol. The van der Waals surface area contributed by atoms with E-state index in [-0.39, 0.29) is 11.1 Å². The van der Waals surface area contributed by atoms with Gasteiger partial charge in [-0.05, 0) is 32.0 Å². The largest absolute Gasteiger partial charge is 0.465 e. The van der Waals surface area contributed by atoms with E-state index in [1.807, 2.05) is 31.2 Å². The molecule has 1 amide bonds. The first kappa shape index (κ1) is 19.8. The normalized spacial score (nSPS) is 12.1. The molecule has 2 heterocycles. The first-order valence-corrected chi connectivity index (χ1v) is 10.1. The van der Waals surface area contributed by atoms with Gasteiger partial charge in [0.25, 0.3) is 5.56 Å². The second kappa shape index (κ2) is 7.72. The summed E-state index contributed by atoms with van der Waals surface area (Å²) < 4.78 is 7.78. The lowest BCUT2D eigenvalue weighted by molar-refractivity contribution is -0.119. The van der Waals surface area contributed by atoms with Crippen LogP contribution < -0.4 is 10.9 Å². The van der Waals surface area contributed by atoms with Crippen LogP contribution in [0.3, 0.4) is 0 Å². The number of benzene rings is 2. The van der Waals surface area contributed by atoms with Gasteiger partial charge in [0.2, 0.25) is 5.91 Å². The average Bonchev–Trinajstić information content (AvgIpc) is 3.16. The maximum Gasteiger partial charge on any atom is 0.339 e. The van der Waals surface area contributed by atoms with Crippen LogP contribution in [0, 0.1) is 6.92 Å². The number of rotatable bonds is 4. The third-order valence-corrected chi connectivity index (χ3v) is 6.22. The van der Waals surface area contributed by atoms with Crippen molar-refractivity contribution in [3.63, 3.8) is 0 Å². The van der Waals surface area contributed by atoms with Crippen molar-refractivity contribution in [3.05, 3.63) is 70.1 Å². The number of aromatic nitrogens is 2. The molecule has 0 saturated heterocycles. The van der Waals surface area contributed by atoms with E-state index in [0.717, 1.165) is 14.8 Å². The number of ether oxygens (including phenoxy) is 1. The lowest BCUT2D eigenvalue weighted by Crippen LogP contribution is -2.34. The fourth-order valence-corrected chi connectivity index (χ4v) is 4.50. The number of anilines is 1. The summed E-state index contributed by atoms with van der Waals surface area (Å²) in [5, 5.41) is 8.53. The van der Waals surface area contributed by atoms with Crippen LogP contribution in [0.1, 0.15) is 29.0 Å². The third kappa shape index (κ3) is 3.25. The molecule has 152 valence electrons. The summed E-state index contributed by atoms with van der Waals surface area (Å²) in [7, 11) is 1.27. The van der Waals surface area contributed by atoms with Gasteiger partial charge < -0.3 is 10.1 Å². The molecule has 4 rings (SSSR count). The zero-order chi connectivity index (χ0) is 21.4.